The van der Waals surface area contributed by atoms with Crippen LogP contribution in [0.3, 0.4) is 0 Å². The maximum Gasteiger partial charge on any atom is 0.326 e. The zero-order valence-electron chi connectivity index (χ0n) is 11.7. The van der Waals surface area contributed by atoms with Gasteiger partial charge in [-0.3, -0.25) is 4.79 Å². The van der Waals surface area contributed by atoms with Gasteiger partial charge in [-0.15, -0.1) is 0 Å². The number of rotatable bonds is 8. The second-order valence-electron chi connectivity index (χ2n) is 5.10. The van der Waals surface area contributed by atoms with E-state index in [4.69, 9.17) is 5.11 Å². The number of carbonyl (C=O) groups is 2. The maximum absolute atomic E-state index is 12.4. The van der Waals surface area contributed by atoms with Gasteiger partial charge in [0.15, 0.2) is 0 Å². The molecule has 1 saturated heterocycles. The molecule has 1 heterocycles. The Labute approximate surface area is 118 Å². The number of carboxylic acid groups (broad SMARTS) is 1. The van der Waals surface area contributed by atoms with Crippen molar-refractivity contribution in [1.82, 2.24) is 10.6 Å². The van der Waals surface area contributed by atoms with E-state index >= 15 is 0 Å². The average molecular weight is 288 g/mol. The number of nitrogens with one attached hydrogen (secondary N) is 2. The molecule has 0 saturated carbocycles. The Bertz CT molecular complexity index is 317. The summed E-state index contributed by atoms with van der Waals surface area (Å²) in [6.07, 6.45) is 4.93. The standard InChI is InChI=1S/C13H24N2O3S/c1-3-5-13(6-7-14-9-13)12(18)15-10(11(16)17)4-8-19-2/h10,14H,3-9H2,1-2H3,(H,15,18)(H,16,17). The number of thioether (sulfide) groups is 1. The monoisotopic (exact) mass is 288 g/mol. The zero-order valence-corrected chi connectivity index (χ0v) is 12.5. The Morgan fingerprint density at radius 3 is 2.74 bits per heavy atom. The molecule has 0 aromatic rings. The van der Waals surface area contributed by atoms with Gasteiger partial charge in [-0.2, -0.15) is 11.8 Å². The molecule has 0 aliphatic carbocycles. The van der Waals surface area contributed by atoms with Crippen molar-refractivity contribution in [3.8, 4) is 0 Å². The second kappa shape index (κ2) is 7.75. The Kier molecular flexibility index (Phi) is 6.65. The van der Waals surface area contributed by atoms with Crippen molar-refractivity contribution in [2.75, 3.05) is 25.1 Å². The zero-order chi connectivity index (χ0) is 14.3. The minimum atomic E-state index is -0.944. The Hall–Kier alpha value is -0.750. The highest BCUT2D eigenvalue weighted by molar-refractivity contribution is 7.98. The fraction of sp³-hybridized carbons (Fsp3) is 0.846. The SMILES string of the molecule is CCCC1(C(=O)NC(CCSC)C(=O)O)CCNC1. The number of amides is 1. The molecule has 5 nitrogen and oxygen atoms in total. The summed E-state index contributed by atoms with van der Waals surface area (Å²) in [6.45, 7) is 3.53. The third-order valence-electron chi connectivity index (χ3n) is 3.67. The molecule has 0 bridgehead atoms. The molecule has 1 aliphatic rings. The van der Waals surface area contributed by atoms with Gasteiger partial charge >= 0.3 is 5.97 Å². The van der Waals surface area contributed by atoms with Gasteiger partial charge in [-0.05, 0) is 37.8 Å². The van der Waals surface area contributed by atoms with Crippen molar-refractivity contribution in [3.05, 3.63) is 0 Å². The van der Waals surface area contributed by atoms with Crippen LogP contribution in [0.4, 0.5) is 0 Å². The van der Waals surface area contributed by atoms with Crippen LogP contribution in [0.25, 0.3) is 0 Å². The minimum Gasteiger partial charge on any atom is -0.480 e. The van der Waals surface area contributed by atoms with E-state index in [0.29, 0.717) is 13.0 Å². The van der Waals surface area contributed by atoms with Crippen molar-refractivity contribution in [2.45, 2.75) is 38.6 Å². The molecule has 1 aliphatic heterocycles. The molecule has 1 amide bonds. The molecule has 110 valence electrons. The first-order chi connectivity index (χ1) is 9.05. The summed E-state index contributed by atoms with van der Waals surface area (Å²) < 4.78 is 0. The summed E-state index contributed by atoms with van der Waals surface area (Å²) in [7, 11) is 0. The lowest BCUT2D eigenvalue weighted by molar-refractivity contribution is -0.143. The first-order valence-electron chi connectivity index (χ1n) is 6.79. The fourth-order valence-electron chi connectivity index (χ4n) is 2.55. The van der Waals surface area contributed by atoms with Gasteiger partial charge in [0.05, 0.1) is 5.41 Å². The third-order valence-corrected chi connectivity index (χ3v) is 4.31. The lowest BCUT2D eigenvalue weighted by Crippen LogP contribution is -2.49. The first kappa shape index (κ1) is 16.3. The van der Waals surface area contributed by atoms with E-state index in [1.54, 1.807) is 11.8 Å². The van der Waals surface area contributed by atoms with E-state index < -0.39 is 17.4 Å². The van der Waals surface area contributed by atoms with E-state index in [2.05, 4.69) is 17.6 Å². The van der Waals surface area contributed by atoms with Crippen molar-refractivity contribution in [3.63, 3.8) is 0 Å². The van der Waals surface area contributed by atoms with Gasteiger partial charge in [0.1, 0.15) is 6.04 Å². The minimum absolute atomic E-state index is 0.104. The summed E-state index contributed by atoms with van der Waals surface area (Å²) in [6, 6.07) is -0.769. The number of carboxylic acids is 1. The summed E-state index contributed by atoms with van der Waals surface area (Å²) >= 11 is 1.59. The normalized spacial score (nSPS) is 24.1. The summed E-state index contributed by atoms with van der Waals surface area (Å²) in [5, 5.41) is 15.1. The molecule has 6 heteroatoms. The Balaban J connectivity index is 2.65. The molecule has 1 rings (SSSR count). The Morgan fingerprint density at radius 2 is 2.26 bits per heavy atom. The summed E-state index contributed by atoms with van der Waals surface area (Å²) in [5.74, 6) is -0.316. The van der Waals surface area contributed by atoms with E-state index in [-0.39, 0.29) is 5.91 Å². The van der Waals surface area contributed by atoms with Crippen molar-refractivity contribution >= 4 is 23.6 Å². The van der Waals surface area contributed by atoms with Gasteiger partial charge in [-0.25, -0.2) is 4.79 Å². The number of hydrogen-bond donors (Lipinski definition) is 3. The highest BCUT2D eigenvalue weighted by atomic mass is 32.2. The van der Waals surface area contributed by atoms with Crippen LogP contribution in [0.15, 0.2) is 0 Å². The molecule has 3 N–H and O–H groups in total. The van der Waals surface area contributed by atoms with E-state index in [1.165, 1.54) is 0 Å². The van der Waals surface area contributed by atoms with E-state index in [0.717, 1.165) is 31.6 Å². The van der Waals surface area contributed by atoms with Crippen LogP contribution in [-0.2, 0) is 9.59 Å². The van der Waals surface area contributed by atoms with Crippen LogP contribution in [0.1, 0.15) is 32.6 Å². The molecule has 1 fully saturated rings. The smallest absolute Gasteiger partial charge is 0.326 e. The third kappa shape index (κ3) is 4.38. The molecule has 2 atom stereocenters. The van der Waals surface area contributed by atoms with Crippen LogP contribution in [0.2, 0.25) is 0 Å². The van der Waals surface area contributed by atoms with Crippen LogP contribution < -0.4 is 10.6 Å². The molecule has 2 unspecified atom stereocenters. The molecular weight excluding hydrogens is 264 g/mol. The van der Waals surface area contributed by atoms with Crippen LogP contribution in [0.5, 0.6) is 0 Å². The molecular formula is C13H24N2O3S. The van der Waals surface area contributed by atoms with Crippen LogP contribution in [-0.4, -0.2) is 48.1 Å². The largest absolute Gasteiger partial charge is 0.480 e. The number of hydrogen-bond acceptors (Lipinski definition) is 4. The highest BCUT2D eigenvalue weighted by Crippen LogP contribution is 2.31. The quantitative estimate of drug-likeness (QED) is 0.623. The van der Waals surface area contributed by atoms with Gasteiger partial charge in [0.2, 0.25) is 5.91 Å². The van der Waals surface area contributed by atoms with Crippen LogP contribution >= 0.6 is 11.8 Å². The van der Waals surface area contributed by atoms with Gasteiger partial charge in [-0.1, -0.05) is 13.3 Å². The van der Waals surface area contributed by atoms with Gasteiger partial charge < -0.3 is 15.7 Å². The van der Waals surface area contributed by atoms with Crippen LogP contribution in [0, 0.1) is 5.41 Å². The predicted octanol–water partition coefficient (Wildman–Crippen LogP) is 1.09. The van der Waals surface area contributed by atoms with Gasteiger partial charge in [0.25, 0.3) is 0 Å². The molecule has 0 spiro atoms. The van der Waals surface area contributed by atoms with Crippen molar-refractivity contribution in [2.24, 2.45) is 5.41 Å². The van der Waals surface area contributed by atoms with Crippen molar-refractivity contribution in [1.29, 1.82) is 0 Å². The number of carbonyl (C=O) groups excluding carboxylic acids is 1. The summed E-state index contributed by atoms with van der Waals surface area (Å²) in [4.78, 5) is 23.6. The molecule has 0 aromatic heterocycles. The fourth-order valence-corrected chi connectivity index (χ4v) is 3.02. The lowest BCUT2D eigenvalue weighted by Gasteiger charge is -2.28. The molecule has 19 heavy (non-hydrogen) atoms. The Morgan fingerprint density at radius 1 is 1.53 bits per heavy atom. The second-order valence-corrected chi connectivity index (χ2v) is 6.09. The van der Waals surface area contributed by atoms with E-state index in [9.17, 15) is 9.59 Å². The molecule has 0 radical (unpaired) electrons. The lowest BCUT2D eigenvalue weighted by atomic mass is 9.81. The number of aliphatic carboxylic acids is 1. The van der Waals surface area contributed by atoms with Gasteiger partial charge in [0, 0.05) is 6.54 Å². The highest BCUT2D eigenvalue weighted by Gasteiger charge is 2.41. The predicted molar refractivity (Wildman–Crippen MR) is 77.4 cm³/mol. The first-order valence-corrected chi connectivity index (χ1v) is 8.18. The molecule has 0 aromatic carbocycles. The topological polar surface area (TPSA) is 78.4 Å². The maximum atomic E-state index is 12.4. The summed E-state index contributed by atoms with van der Waals surface area (Å²) in [5.41, 5.74) is -0.415. The van der Waals surface area contributed by atoms with Crippen molar-refractivity contribution < 1.29 is 14.7 Å². The average Bonchev–Trinajstić information content (AvgIpc) is 2.84. The van der Waals surface area contributed by atoms with E-state index in [1.807, 2.05) is 6.26 Å².